The van der Waals surface area contributed by atoms with Crippen molar-refractivity contribution in [2.45, 2.75) is 6.92 Å². The zero-order valence-electron chi connectivity index (χ0n) is 5.77. The average Bonchev–Trinajstić information content (AvgIpc) is 2.43. The minimum atomic E-state index is 0.451. The van der Waals surface area contributed by atoms with Crippen LogP contribution in [0.25, 0.3) is 5.78 Å². The molecule has 0 saturated carbocycles. The van der Waals surface area contributed by atoms with E-state index in [4.69, 9.17) is 18.1 Å². The van der Waals surface area contributed by atoms with Crippen molar-refractivity contribution < 1.29 is 0 Å². The number of hydrogen-bond acceptors (Lipinski definition) is 4. The van der Waals surface area contributed by atoms with Crippen molar-refractivity contribution >= 4 is 18.0 Å². The first kappa shape index (κ1) is 6.35. The van der Waals surface area contributed by atoms with Crippen LogP contribution in [0.15, 0.2) is 0 Å². The fourth-order valence-electron chi connectivity index (χ4n) is 0.867. The van der Waals surface area contributed by atoms with Crippen LogP contribution in [0.3, 0.4) is 0 Å². The third-order valence-electron chi connectivity index (χ3n) is 1.44. The van der Waals surface area contributed by atoms with Crippen LogP contribution in [0.5, 0.6) is 0 Å². The monoisotopic (exact) mass is 170 g/mol. The largest absolute Gasteiger partial charge is 0.335 e. The summed E-state index contributed by atoms with van der Waals surface area (Å²) in [5.41, 5.74) is 0. The van der Waals surface area contributed by atoms with Crippen molar-refractivity contribution in [2.75, 3.05) is 5.84 Å². The SMILES string of the molecule is Cc1nn2c(=S)[nH]nc2n1N. The van der Waals surface area contributed by atoms with Gasteiger partial charge in [-0.25, -0.2) is 9.77 Å². The average molecular weight is 170 g/mol. The Morgan fingerprint density at radius 2 is 2.36 bits per heavy atom. The summed E-state index contributed by atoms with van der Waals surface area (Å²) in [7, 11) is 0. The third kappa shape index (κ3) is 0.679. The van der Waals surface area contributed by atoms with Gasteiger partial charge in [0, 0.05) is 0 Å². The number of nitrogens with zero attached hydrogens (tertiary/aromatic N) is 4. The molecule has 0 radical (unpaired) electrons. The van der Waals surface area contributed by atoms with E-state index < -0.39 is 0 Å². The molecule has 2 rings (SSSR count). The van der Waals surface area contributed by atoms with Gasteiger partial charge in [-0.05, 0) is 19.1 Å². The second-order valence-corrected chi connectivity index (χ2v) is 2.54. The van der Waals surface area contributed by atoms with Crippen LogP contribution in [0.2, 0.25) is 0 Å². The molecule has 2 aromatic heterocycles. The van der Waals surface area contributed by atoms with Gasteiger partial charge in [0.1, 0.15) is 5.82 Å². The maximum atomic E-state index is 5.56. The second-order valence-electron chi connectivity index (χ2n) is 2.16. The van der Waals surface area contributed by atoms with E-state index >= 15 is 0 Å². The van der Waals surface area contributed by atoms with E-state index in [1.54, 1.807) is 6.92 Å². The fraction of sp³-hybridized carbons (Fsp3) is 0.250. The molecule has 58 valence electrons. The van der Waals surface area contributed by atoms with E-state index in [9.17, 15) is 0 Å². The lowest BCUT2D eigenvalue weighted by Crippen LogP contribution is -2.10. The lowest BCUT2D eigenvalue weighted by molar-refractivity contribution is 0.876. The Labute approximate surface area is 66.6 Å². The summed E-state index contributed by atoms with van der Waals surface area (Å²) < 4.78 is 3.30. The van der Waals surface area contributed by atoms with Gasteiger partial charge in [-0.15, -0.1) is 10.2 Å². The van der Waals surface area contributed by atoms with E-state index in [0.717, 1.165) is 0 Å². The summed E-state index contributed by atoms with van der Waals surface area (Å²) in [6, 6.07) is 0. The van der Waals surface area contributed by atoms with Gasteiger partial charge >= 0.3 is 0 Å². The standard InChI is InChI=1S/C4H6N6S/c1-2-8-10-3(9(2)5)6-7-4(10)11/h5H2,1H3,(H,7,11). The molecule has 0 amide bonds. The number of aromatic nitrogens is 5. The predicted octanol–water partition coefficient (Wildman–Crippen LogP) is -0.389. The van der Waals surface area contributed by atoms with Gasteiger partial charge in [-0.1, -0.05) is 0 Å². The highest BCUT2D eigenvalue weighted by molar-refractivity contribution is 7.71. The maximum absolute atomic E-state index is 5.56. The second kappa shape index (κ2) is 1.82. The molecule has 6 nitrogen and oxygen atoms in total. The van der Waals surface area contributed by atoms with E-state index in [-0.39, 0.29) is 0 Å². The molecule has 0 saturated heterocycles. The highest BCUT2D eigenvalue weighted by Crippen LogP contribution is 1.98. The van der Waals surface area contributed by atoms with Crippen LogP contribution in [0.4, 0.5) is 0 Å². The number of aryl methyl sites for hydroxylation is 1. The highest BCUT2D eigenvalue weighted by atomic mass is 32.1. The topological polar surface area (TPSA) is 76.9 Å². The van der Waals surface area contributed by atoms with Crippen LogP contribution in [0, 0.1) is 11.7 Å². The number of rotatable bonds is 0. The van der Waals surface area contributed by atoms with E-state index in [0.29, 0.717) is 16.4 Å². The summed E-state index contributed by atoms with van der Waals surface area (Å²) in [4.78, 5) is 0. The molecule has 0 spiro atoms. The predicted molar refractivity (Wildman–Crippen MR) is 41.0 cm³/mol. The lowest BCUT2D eigenvalue weighted by Gasteiger charge is -1.88. The van der Waals surface area contributed by atoms with Gasteiger partial charge in [0.15, 0.2) is 0 Å². The normalized spacial score (nSPS) is 11.0. The summed E-state index contributed by atoms with van der Waals surface area (Å²) in [6.07, 6.45) is 0. The smallest absolute Gasteiger partial charge is 0.271 e. The van der Waals surface area contributed by atoms with Crippen LogP contribution >= 0.6 is 12.2 Å². The van der Waals surface area contributed by atoms with Crippen molar-refractivity contribution in [2.24, 2.45) is 0 Å². The maximum Gasteiger partial charge on any atom is 0.271 e. The molecule has 0 unspecified atom stereocenters. The fourth-order valence-corrected chi connectivity index (χ4v) is 1.04. The minimum absolute atomic E-state index is 0.451. The number of H-pyrrole nitrogens is 1. The molecule has 0 fully saturated rings. The molecule has 0 aromatic carbocycles. The van der Waals surface area contributed by atoms with Gasteiger partial charge in [0.05, 0.1) is 0 Å². The van der Waals surface area contributed by atoms with Crippen LogP contribution in [-0.2, 0) is 0 Å². The summed E-state index contributed by atoms with van der Waals surface area (Å²) >= 11 is 4.87. The number of nitrogen functional groups attached to an aromatic ring is 1. The Hall–Kier alpha value is -1.37. The van der Waals surface area contributed by atoms with Crippen molar-refractivity contribution in [3.05, 3.63) is 10.6 Å². The van der Waals surface area contributed by atoms with Crippen molar-refractivity contribution in [1.82, 2.24) is 24.5 Å². The van der Waals surface area contributed by atoms with Crippen LogP contribution in [0.1, 0.15) is 5.82 Å². The summed E-state index contributed by atoms with van der Waals surface area (Å²) in [5.74, 6) is 6.75. The lowest BCUT2D eigenvalue weighted by atomic mass is 10.7. The van der Waals surface area contributed by atoms with Gasteiger partial charge in [-0.3, -0.25) is 0 Å². The number of aromatic amines is 1. The Morgan fingerprint density at radius 3 is 3.00 bits per heavy atom. The molecular formula is C4H6N6S. The Morgan fingerprint density at radius 1 is 1.64 bits per heavy atom. The molecule has 2 aromatic rings. The van der Waals surface area contributed by atoms with Gasteiger partial charge in [-0.2, -0.15) is 4.52 Å². The Bertz CT molecular complexity index is 447. The number of nitrogens with one attached hydrogen (secondary N) is 1. The molecule has 2 heterocycles. The number of hydrogen-bond donors (Lipinski definition) is 2. The molecular weight excluding hydrogens is 164 g/mol. The Balaban J connectivity index is 3.05. The first-order valence-corrected chi connectivity index (χ1v) is 3.39. The molecule has 0 aliphatic heterocycles. The first-order chi connectivity index (χ1) is 5.20. The molecule has 0 atom stereocenters. The van der Waals surface area contributed by atoms with Gasteiger partial charge in [0.2, 0.25) is 4.77 Å². The zero-order chi connectivity index (χ0) is 8.01. The van der Waals surface area contributed by atoms with Gasteiger partial charge < -0.3 is 5.84 Å². The first-order valence-electron chi connectivity index (χ1n) is 2.98. The molecule has 11 heavy (non-hydrogen) atoms. The quantitative estimate of drug-likeness (QED) is 0.417. The Kier molecular flexibility index (Phi) is 1.05. The van der Waals surface area contributed by atoms with E-state index in [1.807, 2.05) is 0 Å². The molecule has 3 N–H and O–H groups in total. The van der Waals surface area contributed by atoms with Crippen molar-refractivity contribution in [3.8, 4) is 0 Å². The zero-order valence-corrected chi connectivity index (χ0v) is 6.59. The number of fused-ring (bicyclic) bond motifs is 1. The van der Waals surface area contributed by atoms with Crippen molar-refractivity contribution in [3.63, 3.8) is 0 Å². The summed E-state index contributed by atoms with van der Waals surface area (Å²) in [5, 5.41) is 10.5. The van der Waals surface area contributed by atoms with Crippen LogP contribution < -0.4 is 5.84 Å². The molecule has 0 aliphatic rings. The minimum Gasteiger partial charge on any atom is -0.335 e. The molecule has 0 bridgehead atoms. The molecule has 0 aliphatic carbocycles. The number of nitrogens with two attached hydrogens (primary N) is 1. The van der Waals surface area contributed by atoms with E-state index in [2.05, 4.69) is 15.3 Å². The highest BCUT2D eigenvalue weighted by Gasteiger charge is 2.05. The van der Waals surface area contributed by atoms with Gasteiger partial charge in [0.25, 0.3) is 5.78 Å². The van der Waals surface area contributed by atoms with Crippen molar-refractivity contribution in [1.29, 1.82) is 0 Å². The van der Waals surface area contributed by atoms with E-state index in [1.165, 1.54) is 9.19 Å². The van der Waals surface area contributed by atoms with Crippen LogP contribution in [-0.4, -0.2) is 24.5 Å². The summed E-state index contributed by atoms with van der Waals surface area (Å²) in [6.45, 7) is 1.78. The third-order valence-corrected chi connectivity index (χ3v) is 1.71. The molecule has 7 heteroatoms.